The molecule has 2 aliphatic rings. The molecule has 0 aromatic heterocycles. The van der Waals surface area contributed by atoms with Crippen molar-refractivity contribution in [2.24, 2.45) is 22.7 Å². The maximum atomic E-state index is 12.0. The SMILES string of the molecule is CC(C)(C)[C@H]1CNC[C@](CC2CCOCC2)(C(=O)O)C1. The van der Waals surface area contributed by atoms with Crippen molar-refractivity contribution < 1.29 is 14.6 Å². The molecule has 0 unspecified atom stereocenters. The molecule has 20 heavy (non-hydrogen) atoms. The first-order valence-corrected chi connectivity index (χ1v) is 7.85. The van der Waals surface area contributed by atoms with E-state index >= 15 is 0 Å². The van der Waals surface area contributed by atoms with Gasteiger partial charge in [-0.1, -0.05) is 20.8 Å². The predicted molar refractivity (Wildman–Crippen MR) is 78.7 cm³/mol. The first-order chi connectivity index (χ1) is 9.33. The molecule has 0 aliphatic carbocycles. The van der Waals surface area contributed by atoms with Gasteiger partial charge in [0.2, 0.25) is 0 Å². The second kappa shape index (κ2) is 6.02. The second-order valence-corrected chi connectivity index (χ2v) is 7.74. The highest BCUT2D eigenvalue weighted by Crippen LogP contribution is 2.43. The Morgan fingerprint density at radius 1 is 1.35 bits per heavy atom. The lowest BCUT2D eigenvalue weighted by molar-refractivity contribution is -0.154. The zero-order valence-electron chi connectivity index (χ0n) is 13.1. The summed E-state index contributed by atoms with van der Waals surface area (Å²) in [7, 11) is 0. The number of nitrogens with one attached hydrogen (secondary N) is 1. The molecule has 2 rings (SSSR count). The number of hydrogen-bond acceptors (Lipinski definition) is 3. The summed E-state index contributed by atoms with van der Waals surface area (Å²) in [5.41, 5.74) is -0.429. The summed E-state index contributed by atoms with van der Waals surface area (Å²) in [6.07, 6.45) is 3.62. The van der Waals surface area contributed by atoms with Crippen LogP contribution in [0.1, 0.15) is 46.5 Å². The van der Waals surface area contributed by atoms with Crippen molar-refractivity contribution in [3.05, 3.63) is 0 Å². The van der Waals surface area contributed by atoms with Gasteiger partial charge in [-0.25, -0.2) is 0 Å². The lowest BCUT2D eigenvalue weighted by atomic mass is 9.64. The summed E-state index contributed by atoms with van der Waals surface area (Å²) in [5.74, 6) is 0.304. The normalized spacial score (nSPS) is 33.0. The van der Waals surface area contributed by atoms with E-state index < -0.39 is 11.4 Å². The van der Waals surface area contributed by atoms with Crippen LogP contribution in [0.2, 0.25) is 0 Å². The first kappa shape index (κ1) is 15.8. The number of piperidine rings is 1. The van der Waals surface area contributed by atoms with E-state index in [2.05, 4.69) is 26.1 Å². The Morgan fingerprint density at radius 3 is 2.55 bits per heavy atom. The fraction of sp³-hybridized carbons (Fsp3) is 0.938. The summed E-state index contributed by atoms with van der Waals surface area (Å²) in [5, 5.41) is 13.2. The van der Waals surface area contributed by atoms with Crippen LogP contribution in [0.5, 0.6) is 0 Å². The molecular formula is C16H29NO3. The molecule has 4 nitrogen and oxygen atoms in total. The van der Waals surface area contributed by atoms with Crippen molar-refractivity contribution in [1.29, 1.82) is 0 Å². The molecule has 0 aromatic carbocycles. The molecule has 0 aromatic rings. The maximum absolute atomic E-state index is 12.0. The summed E-state index contributed by atoms with van der Waals surface area (Å²) in [6.45, 7) is 9.77. The predicted octanol–water partition coefficient (Wildman–Crippen LogP) is 2.53. The Hall–Kier alpha value is -0.610. The molecule has 2 heterocycles. The zero-order valence-corrected chi connectivity index (χ0v) is 13.1. The largest absolute Gasteiger partial charge is 0.481 e. The van der Waals surface area contributed by atoms with Crippen LogP contribution >= 0.6 is 0 Å². The molecule has 0 spiro atoms. The summed E-state index contributed by atoms with van der Waals surface area (Å²) in [4.78, 5) is 12.0. The molecular weight excluding hydrogens is 254 g/mol. The van der Waals surface area contributed by atoms with E-state index in [1.165, 1.54) is 0 Å². The van der Waals surface area contributed by atoms with Gasteiger partial charge in [0, 0.05) is 19.8 Å². The average Bonchev–Trinajstić information content (AvgIpc) is 2.39. The van der Waals surface area contributed by atoms with Gasteiger partial charge in [-0.05, 0) is 49.5 Å². The van der Waals surface area contributed by atoms with Crippen LogP contribution in [0, 0.1) is 22.7 Å². The molecule has 2 fully saturated rings. The Morgan fingerprint density at radius 2 is 2.00 bits per heavy atom. The molecule has 0 radical (unpaired) electrons. The third-order valence-electron chi connectivity index (χ3n) is 5.19. The topological polar surface area (TPSA) is 58.6 Å². The highest BCUT2D eigenvalue weighted by molar-refractivity contribution is 5.75. The van der Waals surface area contributed by atoms with E-state index in [0.29, 0.717) is 18.4 Å². The highest BCUT2D eigenvalue weighted by atomic mass is 16.5. The fourth-order valence-corrected chi connectivity index (χ4v) is 3.62. The lowest BCUT2D eigenvalue weighted by Crippen LogP contribution is -2.52. The molecule has 0 bridgehead atoms. The molecule has 2 saturated heterocycles. The van der Waals surface area contributed by atoms with Crippen LogP contribution < -0.4 is 5.32 Å². The number of carbonyl (C=O) groups is 1. The van der Waals surface area contributed by atoms with Gasteiger partial charge in [0.1, 0.15) is 0 Å². The van der Waals surface area contributed by atoms with Gasteiger partial charge in [0.15, 0.2) is 0 Å². The van der Waals surface area contributed by atoms with Gasteiger partial charge >= 0.3 is 5.97 Å². The summed E-state index contributed by atoms with van der Waals surface area (Å²) < 4.78 is 5.39. The standard InChI is InChI=1S/C16H29NO3/c1-15(2,3)13-9-16(14(18)19,11-17-10-13)8-12-4-6-20-7-5-12/h12-13,17H,4-11H2,1-3H3,(H,18,19)/t13-,16-/m1/s1. The molecule has 0 saturated carbocycles. The van der Waals surface area contributed by atoms with Crippen LogP contribution in [-0.2, 0) is 9.53 Å². The number of carboxylic acid groups (broad SMARTS) is 1. The van der Waals surface area contributed by atoms with Crippen LogP contribution in [0.15, 0.2) is 0 Å². The number of carboxylic acids is 1. The zero-order chi connectivity index (χ0) is 14.8. The highest BCUT2D eigenvalue weighted by Gasteiger charge is 2.46. The number of rotatable bonds is 3. The summed E-state index contributed by atoms with van der Waals surface area (Å²) in [6, 6.07) is 0. The van der Waals surface area contributed by atoms with E-state index in [0.717, 1.165) is 45.4 Å². The van der Waals surface area contributed by atoms with E-state index in [1.54, 1.807) is 0 Å². The number of aliphatic carboxylic acids is 1. The van der Waals surface area contributed by atoms with Gasteiger partial charge in [-0.3, -0.25) is 4.79 Å². The van der Waals surface area contributed by atoms with Crippen LogP contribution in [0.3, 0.4) is 0 Å². The molecule has 116 valence electrons. The van der Waals surface area contributed by atoms with Crippen molar-refractivity contribution in [2.75, 3.05) is 26.3 Å². The van der Waals surface area contributed by atoms with Gasteiger partial charge in [-0.15, -0.1) is 0 Å². The minimum absolute atomic E-state index is 0.157. The van der Waals surface area contributed by atoms with E-state index in [9.17, 15) is 9.90 Å². The Kier molecular flexibility index (Phi) is 4.75. The molecule has 0 amide bonds. The van der Waals surface area contributed by atoms with Crippen molar-refractivity contribution in [3.8, 4) is 0 Å². The van der Waals surface area contributed by atoms with Crippen molar-refractivity contribution in [2.45, 2.75) is 46.5 Å². The Balaban J connectivity index is 2.10. The first-order valence-electron chi connectivity index (χ1n) is 7.85. The Bertz CT molecular complexity index is 344. The lowest BCUT2D eigenvalue weighted by Gasteiger charge is -2.45. The number of ether oxygens (including phenoxy) is 1. The second-order valence-electron chi connectivity index (χ2n) is 7.74. The maximum Gasteiger partial charge on any atom is 0.310 e. The average molecular weight is 283 g/mol. The van der Waals surface area contributed by atoms with Crippen molar-refractivity contribution in [1.82, 2.24) is 5.32 Å². The van der Waals surface area contributed by atoms with E-state index in [4.69, 9.17) is 4.74 Å². The molecule has 2 N–H and O–H groups in total. The van der Waals surface area contributed by atoms with Crippen molar-refractivity contribution in [3.63, 3.8) is 0 Å². The molecule has 2 aliphatic heterocycles. The van der Waals surface area contributed by atoms with Gasteiger partial charge in [0.05, 0.1) is 5.41 Å². The third-order valence-corrected chi connectivity index (χ3v) is 5.19. The van der Waals surface area contributed by atoms with Gasteiger partial charge in [-0.2, -0.15) is 0 Å². The fourth-order valence-electron chi connectivity index (χ4n) is 3.62. The van der Waals surface area contributed by atoms with E-state index in [-0.39, 0.29) is 5.41 Å². The summed E-state index contributed by atoms with van der Waals surface area (Å²) >= 11 is 0. The minimum Gasteiger partial charge on any atom is -0.481 e. The quantitative estimate of drug-likeness (QED) is 0.835. The van der Waals surface area contributed by atoms with Crippen LogP contribution in [0.4, 0.5) is 0 Å². The van der Waals surface area contributed by atoms with Crippen LogP contribution in [0.25, 0.3) is 0 Å². The van der Waals surface area contributed by atoms with Crippen molar-refractivity contribution >= 4 is 5.97 Å². The Labute approximate surface area is 122 Å². The monoisotopic (exact) mass is 283 g/mol. The van der Waals surface area contributed by atoms with Gasteiger partial charge in [0.25, 0.3) is 0 Å². The van der Waals surface area contributed by atoms with Gasteiger partial charge < -0.3 is 15.2 Å². The molecule has 4 heteroatoms. The molecule has 2 atom stereocenters. The van der Waals surface area contributed by atoms with E-state index in [1.807, 2.05) is 0 Å². The number of hydrogen-bond donors (Lipinski definition) is 2. The minimum atomic E-state index is -0.620. The van der Waals surface area contributed by atoms with Crippen LogP contribution in [-0.4, -0.2) is 37.4 Å². The smallest absolute Gasteiger partial charge is 0.310 e. The third kappa shape index (κ3) is 3.53.